The molecule has 0 bridgehead atoms. The van der Waals surface area contributed by atoms with Gasteiger partial charge in [-0.05, 0) is 30.7 Å². The van der Waals surface area contributed by atoms with Gasteiger partial charge in [-0.15, -0.1) is 0 Å². The fourth-order valence-electron chi connectivity index (χ4n) is 2.09. The molecule has 0 saturated carbocycles. The number of carbonyl (C=O) groups is 1. The maximum absolute atomic E-state index is 11.8. The number of halogens is 1. The Labute approximate surface area is 162 Å². The van der Waals surface area contributed by atoms with E-state index in [1.54, 1.807) is 25.1 Å². The predicted octanol–water partition coefficient (Wildman–Crippen LogP) is 2.70. The highest BCUT2D eigenvalue weighted by molar-refractivity contribution is 6.30. The molecule has 0 aliphatic heterocycles. The molecule has 0 aliphatic carbocycles. The molecular weight excluding hydrogens is 396 g/mol. The van der Waals surface area contributed by atoms with Crippen molar-refractivity contribution in [2.75, 3.05) is 6.61 Å². The van der Waals surface area contributed by atoms with Crippen LogP contribution in [0.4, 0.5) is 11.4 Å². The number of phenolic OH excluding ortho intramolecular Hbond substituents is 1. The first-order valence-electron chi connectivity index (χ1n) is 7.55. The molecule has 0 aromatic heterocycles. The van der Waals surface area contributed by atoms with Gasteiger partial charge in [-0.1, -0.05) is 11.6 Å². The third kappa shape index (κ3) is 5.14. The second kappa shape index (κ2) is 8.77. The highest BCUT2D eigenvalue weighted by atomic mass is 35.5. The number of aromatic hydroxyl groups is 1. The van der Waals surface area contributed by atoms with Gasteiger partial charge < -0.3 is 9.84 Å². The van der Waals surface area contributed by atoms with Crippen LogP contribution >= 0.6 is 11.6 Å². The lowest BCUT2D eigenvalue weighted by Crippen LogP contribution is -2.24. The second-order valence-corrected chi connectivity index (χ2v) is 5.85. The first-order chi connectivity index (χ1) is 13.2. The Morgan fingerprint density at radius 3 is 2.61 bits per heavy atom. The molecule has 0 heterocycles. The zero-order valence-electron chi connectivity index (χ0n) is 14.3. The summed E-state index contributed by atoms with van der Waals surface area (Å²) in [5.41, 5.74) is 1.03. The Bertz CT molecular complexity index is 978. The minimum Gasteiger partial charge on any atom is -0.502 e. The Hall–Kier alpha value is -3.73. The van der Waals surface area contributed by atoms with Gasteiger partial charge in [0.05, 0.1) is 27.7 Å². The maximum atomic E-state index is 11.8. The van der Waals surface area contributed by atoms with Crippen LogP contribution in [0.3, 0.4) is 0 Å². The molecule has 0 atom stereocenters. The van der Waals surface area contributed by atoms with Crippen LogP contribution in [0.1, 0.15) is 11.1 Å². The number of non-ortho nitro benzene ring substituents is 1. The molecule has 0 saturated heterocycles. The minimum absolute atomic E-state index is 0.310. The van der Waals surface area contributed by atoms with Gasteiger partial charge in [-0.3, -0.25) is 25.0 Å². The van der Waals surface area contributed by atoms with E-state index in [9.17, 15) is 30.1 Å². The van der Waals surface area contributed by atoms with Crippen molar-refractivity contribution in [3.8, 4) is 11.5 Å². The van der Waals surface area contributed by atoms with Crippen LogP contribution in [0, 0.1) is 27.2 Å². The van der Waals surface area contributed by atoms with Gasteiger partial charge >= 0.3 is 5.69 Å². The van der Waals surface area contributed by atoms with E-state index in [1.165, 1.54) is 0 Å². The summed E-state index contributed by atoms with van der Waals surface area (Å²) in [4.78, 5) is 31.7. The van der Waals surface area contributed by atoms with E-state index in [0.29, 0.717) is 16.8 Å². The van der Waals surface area contributed by atoms with Gasteiger partial charge in [-0.2, -0.15) is 5.10 Å². The topological polar surface area (TPSA) is 157 Å². The maximum Gasteiger partial charge on any atom is 0.318 e. The molecule has 0 radical (unpaired) electrons. The van der Waals surface area contributed by atoms with Crippen molar-refractivity contribution in [2.45, 2.75) is 6.92 Å². The Balaban J connectivity index is 2.06. The van der Waals surface area contributed by atoms with E-state index >= 15 is 0 Å². The van der Waals surface area contributed by atoms with Crippen LogP contribution in [-0.2, 0) is 4.79 Å². The number of nitrogens with one attached hydrogen (secondary N) is 1. The normalized spacial score (nSPS) is 10.6. The fourth-order valence-corrected chi connectivity index (χ4v) is 2.32. The molecule has 2 aromatic carbocycles. The number of hydrazone groups is 1. The largest absolute Gasteiger partial charge is 0.502 e. The lowest BCUT2D eigenvalue weighted by atomic mass is 10.1. The lowest BCUT2D eigenvalue weighted by Gasteiger charge is -2.08. The van der Waals surface area contributed by atoms with Crippen LogP contribution in [-0.4, -0.2) is 33.7 Å². The lowest BCUT2D eigenvalue weighted by molar-refractivity contribution is -0.394. The standard InChI is InChI=1S/C16H13ClN4O7/c1-9-4-11(17)2-3-14(9)28-8-15(22)19-18-7-10-5-12(20(24)25)6-13(16(10)23)21(26)27/h2-7,23H,8H2,1H3,(H,19,22)/b18-7-. The van der Waals surface area contributed by atoms with Gasteiger partial charge in [-0.25, -0.2) is 5.43 Å². The zero-order valence-corrected chi connectivity index (χ0v) is 15.0. The summed E-state index contributed by atoms with van der Waals surface area (Å²) in [5.74, 6) is -1.04. The molecular formula is C16H13ClN4O7. The number of nitro groups is 2. The summed E-state index contributed by atoms with van der Waals surface area (Å²) >= 11 is 5.82. The molecule has 0 spiro atoms. The molecule has 12 heteroatoms. The molecule has 2 rings (SSSR count). The van der Waals surface area contributed by atoms with E-state index in [1.807, 2.05) is 0 Å². The van der Waals surface area contributed by atoms with Crippen LogP contribution in [0.15, 0.2) is 35.4 Å². The number of hydrogen-bond acceptors (Lipinski definition) is 8. The fraction of sp³-hybridized carbons (Fsp3) is 0.125. The molecule has 0 unspecified atom stereocenters. The van der Waals surface area contributed by atoms with Crippen molar-refractivity contribution in [1.29, 1.82) is 0 Å². The highest BCUT2D eigenvalue weighted by Gasteiger charge is 2.23. The number of ether oxygens (including phenoxy) is 1. The Morgan fingerprint density at radius 1 is 1.29 bits per heavy atom. The number of rotatable bonds is 7. The van der Waals surface area contributed by atoms with Crippen LogP contribution < -0.4 is 10.2 Å². The number of hydrogen-bond donors (Lipinski definition) is 2. The number of benzene rings is 2. The minimum atomic E-state index is -0.972. The van der Waals surface area contributed by atoms with Crippen LogP contribution in [0.2, 0.25) is 5.02 Å². The van der Waals surface area contributed by atoms with Crippen molar-refractivity contribution in [2.24, 2.45) is 5.10 Å². The van der Waals surface area contributed by atoms with E-state index in [2.05, 4.69) is 10.5 Å². The van der Waals surface area contributed by atoms with Gasteiger partial charge in [0.15, 0.2) is 6.61 Å². The quantitative estimate of drug-likeness (QED) is 0.405. The molecule has 0 aliphatic rings. The van der Waals surface area contributed by atoms with Crippen molar-refractivity contribution in [3.63, 3.8) is 0 Å². The summed E-state index contributed by atoms with van der Waals surface area (Å²) in [7, 11) is 0. The van der Waals surface area contributed by atoms with E-state index in [-0.39, 0.29) is 12.2 Å². The summed E-state index contributed by atoms with van der Waals surface area (Å²) in [6, 6.07) is 6.34. The summed E-state index contributed by atoms with van der Waals surface area (Å²) in [6.07, 6.45) is 0.848. The number of aryl methyl sites for hydroxylation is 1. The van der Waals surface area contributed by atoms with Gasteiger partial charge in [0, 0.05) is 11.1 Å². The molecule has 0 fully saturated rings. The van der Waals surface area contributed by atoms with Gasteiger partial charge in [0.1, 0.15) is 5.75 Å². The molecule has 146 valence electrons. The van der Waals surface area contributed by atoms with E-state index in [4.69, 9.17) is 16.3 Å². The number of amides is 1. The SMILES string of the molecule is Cc1cc(Cl)ccc1OCC(=O)N/N=C\c1cc([N+](=O)[O-])cc([N+](=O)[O-])c1O. The zero-order chi connectivity index (χ0) is 20.8. The smallest absolute Gasteiger partial charge is 0.318 e. The van der Waals surface area contributed by atoms with Crippen molar-refractivity contribution in [1.82, 2.24) is 5.43 Å². The van der Waals surface area contributed by atoms with Crippen LogP contribution in [0.5, 0.6) is 11.5 Å². The van der Waals surface area contributed by atoms with Crippen LogP contribution in [0.25, 0.3) is 0 Å². The number of carbonyl (C=O) groups excluding carboxylic acids is 1. The third-order valence-corrected chi connectivity index (χ3v) is 3.64. The number of nitro benzene ring substituents is 2. The first kappa shape index (κ1) is 20.6. The Kier molecular flexibility index (Phi) is 6.45. The second-order valence-electron chi connectivity index (χ2n) is 5.41. The summed E-state index contributed by atoms with van der Waals surface area (Å²) < 4.78 is 5.31. The monoisotopic (exact) mass is 408 g/mol. The van der Waals surface area contributed by atoms with Crippen molar-refractivity contribution < 1.29 is 24.5 Å². The molecule has 2 N–H and O–H groups in total. The predicted molar refractivity (Wildman–Crippen MR) is 98.8 cm³/mol. The summed E-state index contributed by atoms with van der Waals surface area (Å²) in [5, 5.41) is 35.6. The van der Waals surface area contributed by atoms with E-state index in [0.717, 1.165) is 17.8 Å². The van der Waals surface area contributed by atoms with Crippen molar-refractivity contribution in [3.05, 3.63) is 66.7 Å². The average molecular weight is 409 g/mol. The molecule has 28 heavy (non-hydrogen) atoms. The Morgan fingerprint density at radius 2 is 2.00 bits per heavy atom. The number of nitrogens with zero attached hydrogens (tertiary/aromatic N) is 3. The average Bonchev–Trinajstić information content (AvgIpc) is 2.61. The van der Waals surface area contributed by atoms with Gasteiger partial charge in [0.2, 0.25) is 5.75 Å². The van der Waals surface area contributed by atoms with E-state index < -0.39 is 32.9 Å². The third-order valence-electron chi connectivity index (χ3n) is 3.40. The number of phenols is 1. The molecule has 1 amide bonds. The highest BCUT2D eigenvalue weighted by Crippen LogP contribution is 2.33. The first-order valence-corrected chi connectivity index (χ1v) is 7.93. The van der Waals surface area contributed by atoms with Crippen molar-refractivity contribution >= 4 is 35.1 Å². The molecule has 11 nitrogen and oxygen atoms in total. The van der Waals surface area contributed by atoms with Gasteiger partial charge in [0.25, 0.3) is 11.6 Å². The molecule has 2 aromatic rings. The summed E-state index contributed by atoms with van der Waals surface area (Å²) in [6.45, 7) is 1.36.